The number of rotatable bonds is 3. The lowest BCUT2D eigenvalue weighted by molar-refractivity contribution is 0.0587. The molecule has 0 aromatic carbocycles. The van der Waals surface area contributed by atoms with E-state index in [1.54, 1.807) is 29.3 Å². The van der Waals surface area contributed by atoms with Crippen molar-refractivity contribution in [2.75, 3.05) is 7.11 Å². The van der Waals surface area contributed by atoms with Crippen molar-refractivity contribution in [1.82, 2.24) is 19.7 Å². The fourth-order valence-corrected chi connectivity index (χ4v) is 1.48. The molecule has 0 amide bonds. The Morgan fingerprint density at radius 2 is 2.24 bits per heavy atom. The predicted octanol–water partition coefficient (Wildman–Crippen LogP) is 1.15. The predicted molar refractivity (Wildman–Crippen MR) is 60.3 cm³/mol. The molecule has 2 aromatic heterocycles. The number of esters is 1. The topological polar surface area (TPSA) is 69.9 Å². The number of methoxy groups -OCH3 is 1. The van der Waals surface area contributed by atoms with Crippen LogP contribution in [-0.2, 0) is 11.3 Å². The molecule has 0 radical (unpaired) electrons. The van der Waals surface area contributed by atoms with Gasteiger partial charge in [-0.05, 0) is 6.92 Å². The summed E-state index contributed by atoms with van der Waals surface area (Å²) >= 11 is 0. The number of aromatic nitrogens is 4. The summed E-state index contributed by atoms with van der Waals surface area (Å²) in [4.78, 5) is 19.6. The van der Waals surface area contributed by atoms with Crippen molar-refractivity contribution in [3.8, 4) is 11.4 Å². The number of carbonyl (C=O) groups excluding carboxylic acids is 1. The van der Waals surface area contributed by atoms with Crippen molar-refractivity contribution in [3.05, 3.63) is 30.4 Å². The highest BCUT2D eigenvalue weighted by atomic mass is 16.5. The van der Waals surface area contributed by atoms with Gasteiger partial charge in [-0.25, -0.2) is 4.79 Å². The van der Waals surface area contributed by atoms with Gasteiger partial charge in [0.2, 0.25) is 0 Å². The second-order valence-electron chi connectivity index (χ2n) is 3.31. The lowest BCUT2D eigenvalue weighted by Gasteiger charge is -2.00. The zero-order valence-corrected chi connectivity index (χ0v) is 9.62. The first-order valence-electron chi connectivity index (χ1n) is 5.18. The Morgan fingerprint density at radius 3 is 2.82 bits per heavy atom. The third kappa shape index (κ3) is 2.15. The lowest BCUT2D eigenvalue weighted by Crippen LogP contribution is -2.10. The van der Waals surface area contributed by atoms with E-state index in [4.69, 9.17) is 4.74 Å². The highest BCUT2D eigenvalue weighted by Crippen LogP contribution is 2.16. The maximum absolute atomic E-state index is 11.5. The Balaban J connectivity index is 2.45. The third-order valence-corrected chi connectivity index (χ3v) is 2.30. The smallest absolute Gasteiger partial charge is 0.356 e. The van der Waals surface area contributed by atoms with E-state index in [1.807, 2.05) is 6.92 Å². The summed E-state index contributed by atoms with van der Waals surface area (Å²) in [6.45, 7) is 2.49. The van der Waals surface area contributed by atoms with Crippen LogP contribution >= 0.6 is 0 Å². The molecule has 0 atom stereocenters. The number of hydrogen-bond acceptors (Lipinski definition) is 5. The number of hydrogen-bond donors (Lipinski definition) is 0. The quantitative estimate of drug-likeness (QED) is 0.742. The van der Waals surface area contributed by atoms with Gasteiger partial charge in [-0.15, -0.1) is 0 Å². The molecular weight excluding hydrogens is 220 g/mol. The van der Waals surface area contributed by atoms with Gasteiger partial charge >= 0.3 is 5.97 Å². The van der Waals surface area contributed by atoms with E-state index in [-0.39, 0.29) is 0 Å². The highest BCUT2D eigenvalue weighted by Gasteiger charge is 2.16. The van der Waals surface area contributed by atoms with Crippen molar-refractivity contribution < 1.29 is 9.53 Å². The fourth-order valence-electron chi connectivity index (χ4n) is 1.48. The highest BCUT2D eigenvalue weighted by molar-refractivity contribution is 5.88. The summed E-state index contributed by atoms with van der Waals surface area (Å²) in [7, 11) is 1.34. The van der Waals surface area contributed by atoms with Crippen LogP contribution < -0.4 is 0 Å². The van der Waals surface area contributed by atoms with Gasteiger partial charge in [-0.2, -0.15) is 5.10 Å². The first-order chi connectivity index (χ1) is 8.26. The molecule has 6 nitrogen and oxygen atoms in total. The summed E-state index contributed by atoms with van der Waals surface area (Å²) < 4.78 is 6.27. The molecule has 0 spiro atoms. The van der Waals surface area contributed by atoms with Gasteiger partial charge in [0.25, 0.3) is 0 Å². The van der Waals surface area contributed by atoms with Gasteiger partial charge in [0.15, 0.2) is 0 Å². The van der Waals surface area contributed by atoms with Crippen LogP contribution in [0.1, 0.15) is 17.4 Å². The summed E-state index contributed by atoms with van der Waals surface area (Å²) in [6.07, 6.45) is 4.77. The minimum Gasteiger partial charge on any atom is -0.464 e. The van der Waals surface area contributed by atoms with E-state index in [2.05, 4.69) is 15.1 Å². The first-order valence-corrected chi connectivity index (χ1v) is 5.18. The zero-order valence-electron chi connectivity index (χ0n) is 9.62. The average molecular weight is 232 g/mol. The Hall–Kier alpha value is -2.24. The van der Waals surface area contributed by atoms with Crippen LogP contribution in [0.15, 0.2) is 24.7 Å². The van der Waals surface area contributed by atoms with Crippen molar-refractivity contribution in [3.63, 3.8) is 0 Å². The van der Waals surface area contributed by atoms with Crippen LogP contribution in [0.4, 0.5) is 0 Å². The van der Waals surface area contributed by atoms with Crippen molar-refractivity contribution in [2.24, 2.45) is 0 Å². The first kappa shape index (κ1) is 11.3. The van der Waals surface area contributed by atoms with Gasteiger partial charge in [0.1, 0.15) is 17.1 Å². The normalized spacial score (nSPS) is 10.2. The van der Waals surface area contributed by atoms with Crippen LogP contribution in [0, 0.1) is 0 Å². The standard InChI is InChI=1S/C11H12N4O2/c1-3-15-10(11(16)17-2)6-8(14-15)9-7-12-4-5-13-9/h4-7H,3H2,1-2H3. The summed E-state index contributed by atoms with van der Waals surface area (Å²) in [6, 6.07) is 1.65. The number of aryl methyl sites for hydroxylation is 1. The molecule has 0 aliphatic carbocycles. The number of nitrogens with zero attached hydrogens (tertiary/aromatic N) is 4. The van der Waals surface area contributed by atoms with Gasteiger partial charge in [-0.3, -0.25) is 14.6 Å². The maximum Gasteiger partial charge on any atom is 0.356 e. The molecule has 2 rings (SSSR count). The molecule has 0 aliphatic heterocycles. The minimum absolute atomic E-state index is 0.408. The SMILES string of the molecule is CCn1nc(-c2cnccn2)cc1C(=O)OC. The van der Waals surface area contributed by atoms with Crippen molar-refractivity contribution >= 4 is 5.97 Å². The van der Waals surface area contributed by atoms with Crippen LogP contribution in [-0.4, -0.2) is 32.8 Å². The van der Waals surface area contributed by atoms with Gasteiger partial charge in [-0.1, -0.05) is 0 Å². The van der Waals surface area contributed by atoms with E-state index in [0.29, 0.717) is 23.6 Å². The Morgan fingerprint density at radius 1 is 1.41 bits per heavy atom. The van der Waals surface area contributed by atoms with Gasteiger partial charge in [0.05, 0.1) is 13.3 Å². The van der Waals surface area contributed by atoms with Gasteiger partial charge in [0, 0.05) is 25.0 Å². The molecule has 6 heteroatoms. The van der Waals surface area contributed by atoms with E-state index in [1.165, 1.54) is 7.11 Å². The zero-order chi connectivity index (χ0) is 12.3. The molecule has 0 aliphatic rings. The van der Waals surface area contributed by atoms with Gasteiger partial charge < -0.3 is 4.74 Å². The second-order valence-corrected chi connectivity index (χ2v) is 3.31. The monoisotopic (exact) mass is 232 g/mol. The molecule has 2 aromatic rings. The van der Waals surface area contributed by atoms with Crippen molar-refractivity contribution in [1.29, 1.82) is 0 Å². The number of ether oxygens (including phenoxy) is 1. The molecule has 88 valence electrons. The second kappa shape index (κ2) is 4.73. The fraction of sp³-hybridized carbons (Fsp3) is 0.273. The third-order valence-electron chi connectivity index (χ3n) is 2.30. The molecule has 0 saturated heterocycles. The lowest BCUT2D eigenvalue weighted by atomic mass is 10.3. The van der Waals surface area contributed by atoms with E-state index < -0.39 is 5.97 Å². The summed E-state index contributed by atoms with van der Waals surface area (Å²) in [5.41, 5.74) is 1.65. The van der Waals surface area contributed by atoms with E-state index in [0.717, 1.165) is 0 Å². The van der Waals surface area contributed by atoms with Crippen LogP contribution in [0.3, 0.4) is 0 Å². The molecule has 0 bridgehead atoms. The maximum atomic E-state index is 11.5. The van der Waals surface area contributed by atoms with Crippen LogP contribution in [0.25, 0.3) is 11.4 Å². The molecule has 0 fully saturated rings. The van der Waals surface area contributed by atoms with Crippen molar-refractivity contribution in [2.45, 2.75) is 13.5 Å². The van der Waals surface area contributed by atoms with Crippen LogP contribution in [0.2, 0.25) is 0 Å². The Labute approximate surface area is 98.3 Å². The van der Waals surface area contributed by atoms with E-state index >= 15 is 0 Å². The summed E-state index contributed by atoms with van der Waals surface area (Å²) in [5.74, 6) is -0.408. The average Bonchev–Trinajstić information content (AvgIpc) is 2.83. The summed E-state index contributed by atoms with van der Waals surface area (Å²) in [5, 5.41) is 4.28. The molecule has 0 unspecified atom stereocenters. The number of carbonyl (C=O) groups is 1. The molecule has 17 heavy (non-hydrogen) atoms. The molecule has 2 heterocycles. The largest absolute Gasteiger partial charge is 0.464 e. The Bertz CT molecular complexity index is 522. The molecule has 0 saturated carbocycles. The van der Waals surface area contributed by atoms with Crippen LogP contribution in [0.5, 0.6) is 0 Å². The molecular formula is C11H12N4O2. The molecule has 0 N–H and O–H groups in total. The Kier molecular flexibility index (Phi) is 3.13. The van der Waals surface area contributed by atoms with E-state index in [9.17, 15) is 4.79 Å². The minimum atomic E-state index is -0.408.